The lowest BCUT2D eigenvalue weighted by Crippen LogP contribution is -2.52. The molecule has 4 rings (SSSR count). The Morgan fingerprint density at radius 1 is 1.31 bits per heavy atom. The molecular weight excluding hydrogens is 479 g/mol. The van der Waals surface area contributed by atoms with Crippen molar-refractivity contribution in [2.24, 2.45) is 0 Å². The molecule has 0 aromatic heterocycles. The molecule has 3 aliphatic heterocycles. The average Bonchev–Trinajstić information content (AvgIpc) is 3.01. The molecule has 3 heterocycles. The van der Waals surface area contributed by atoms with E-state index in [9.17, 15) is 33.1 Å². The van der Waals surface area contributed by atoms with Gasteiger partial charge in [-0.05, 0) is 6.07 Å². The van der Waals surface area contributed by atoms with E-state index in [2.05, 4.69) is 0 Å². The van der Waals surface area contributed by atoms with Crippen molar-refractivity contribution >= 4 is 31.1 Å². The quantitative estimate of drug-likeness (QED) is 0.462. The Morgan fingerprint density at radius 2 is 2.03 bits per heavy atom. The molecule has 0 aliphatic carbocycles. The van der Waals surface area contributed by atoms with Crippen molar-refractivity contribution in [2.45, 2.75) is 43.5 Å². The van der Waals surface area contributed by atoms with Crippen molar-refractivity contribution in [2.75, 3.05) is 6.61 Å². The van der Waals surface area contributed by atoms with E-state index in [4.69, 9.17) is 29.9 Å². The Morgan fingerprint density at radius 3 is 2.75 bits per heavy atom. The highest BCUT2D eigenvalue weighted by atomic mass is 35.5. The predicted octanol–water partition coefficient (Wildman–Crippen LogP) is 1.68. The second-order valence-electron chi connectivity index (χ2n) is 7.27. The smallest absolute Gasteiger partial charge is 0.404 e. The fourth-order valence-electron chi connectivity index (χ4n) is 3.44. The van der Waals surface area contributed by atoms with Gasteiger partial charge < -0.3 is 19.5 Å². The molecule has 1 saturated heterocycles. The van der Waals surface area contributed by atoms with E-state index in [1.54, 1.807) is 18.2 Å². The molecule has 3 aliphatic rings. The average molecular weight is 496 g/mol. The molecule has 5 atom stereocenters. The summed E-state index contributed by atoms with van der Waals surface area (Å²) in [5, 5.41) is 20.4. The highest BCUT2D eigenvalue weighted by Gasteiger charge is 2.63. The zero-order chi connectivity index (χ0) is 23.3. The van der Waals surface area contributed by atoms with Crippen LogP contribution < -0.4 is 4.52 Å². The zero-order valence-electron chi connectivity index (χ0n) is 16.1. The molecule has 0 saturated carbocycles. The summed E-state index contributed by atoms with van der Waals surface area (Å²) >= 11 is 5.72. The monoisotopic (exact) mass is 495 g/mol. The molecule has 2 N–H and O–H groups in total. The summed E-state index contributed by atoms with van der Waals surface area (Å²) in [5.41, 5.74) is -2.34. The number of aliphatic hydroxyl groups excluding tert-OH is 2. The number of para-hydroxylation sites is 1. The van der Waals surface area contributed by atoms with E-state index in [0.29, 0.717) is 10.5 Å². The van der Waals surface area contributed by atoms with Crippen LogP contribution in [0.25, 0.3) is 0 Å². The second-order valence-corrected chi connectivity index (χ2v) is 9.27. The third kappa shape index (κ3) is 3.96. The van der Waals surface area contributed by atoms with Crippen molar-refractivity contribution in [1.82, 2.24) is 4.90 Å². The summed E-state index contributed by atoms with van der Waals surface area (Å²) in [6, 6.07) is 6.41. The van der Waals surface area contributed by atoms with Crippen molar-refractivity contribution in [1.29, 1.82) is 0 Å². The Balaban J connectivity index is 1.55. The maximum absolute atomic E-state index is 14.1. The fourth-order valence-corrected chi connectivity index (χ4v) is 4.87. The number of carbonyl (C=O) groups is 2. The molecule has 1 unspecified atom stereocenters. The van der Waals surface area contributed by atoms with Crippen molar-refractivity contribution in [3.05, 3.63) is 41.1 Å². The van der Waals surface area contributed by atoms with Crippen LogP contribution in [-0.2, 0) is 34.5 Å². The second kappa shape index (κ2) is 8.45. The number of amides is 1. The number of rotatable bonds is 5. The number of ether oxygens (including phenoxy) is 1. The maximum Gasteiger partial charge on any atom is 0.530 e. The van der Waals surface area contributed by atoms with Gasteiger partial charge in [0.25, 0.3) is 6.43 Å². The van der Waals surface area contributed by atoms with Crippen LogP contribution in [0.5, 0.6) is 5.75 Å². The number of allylic oxidation sites excluding steroid dienone is 1. The first kappa shape index (κ1) is 23.2. The summed E-state index contributed by atoms with van der Waals surface area (Å²) in [7, 11) is -4.37. The van der Waals surface area contributed by atoms with E-state index in [-0.39, 0.29) is 17.4 Å². The van der Waals surface area contributed by atoms with Gasteiger partial charge in [0.1, 0.15) is 23.0 Å². The number of ketones is 1. The van der Waals surface area contributed by atoms with Gasteiger partial charge in [0.05, 0.1) is 19.6 Å². The minimum atomic E-state index is -4.37. The van der Waals surface area contributed by atoms with Crippen LogP contribution in [-0.4, -0.2) is 63.9 Å². The van der Waals surface area contributed by atoms with E-state index in [1.165, 1.54) is 6.07 Å². The van der Waals surface area contributed by atoms with Gasteiger partial charge in [0, 0.05) is 11.8 Å². The number of fused-ring (bicyclic) bond motifs is 1. The van der Waals surface area contributed by atoms with Gasteiger partial charge in [-0.1, -0.05) is 29.8 Å². The number of phosphoric ester groups is 1. The molecule has 0 spiro atoms. The van der Waals surface area contributed by atoms with Crippen LogP contribution >= 0.6 is 19.4 Å². The lowest BCUT2D eigenvalue weighted by Gasteiger charge is -2.34. The number of hydrogen-bond acceptors (Lipinski definition) is 9. The SMILES string of the molecule is O=C1CC(=O)N([C@@H]2O[C@@](COP3(=O)OCc4ccccc4O3)(C(F)F)[C@@H](O)[C@H]2O)C=C1Cl. The van der Waals surface area contributed by atoms with Crippen molar-refractivity contribution in [3.63, 3.8) is 0 Å². The van der Waals surface area contributed by atoms with Gasteiger partial charge in [-0.25, -0.2) is 13.3 Å². The summed E-state index contributed by atoms with van der Waals surface area (Å²) in [6.45, 7) is -1.39. The molecule has 14 heteroatoms. The summed E-state index contributed by atoms with van der Waals surface area (Å²) in [5.74, 6) is -1.42. The van der Waals surface area contributed by atoms with Gasteiger partial charge >= 0.3 is 7.82 Å². The normalized spacial score (nSPS) is 35.0. The number of benzene rings is 1. The first-order chi connectivity index (χ1) is 15.1. The Hall–Kier alpha value is -1.92. The number of nitrogens with zero attached hydrogens (tertiary/aromatic N) is 1. The lowest BCUT2D eigenvalue weighted by molar-refractivity contribution is -0.201. The van der Waals surface area contributed by atoms with Crippen molar-refractivity contribution < 1.29 is 51.5 Å². The largest absolute Gasteiger partial charge is 0.530 e. The van der Waals surface area contributed by atoms with Crippen LogP contribution in [0.4, 0.5) is 8.78 Å². The third-order valence-electron chi connectivity index (χ3n) is 5.23. The van der Waals surface area contributed by atoms with E-state index < -0.39 is 63.0 Å². The van der Waals surface area contributed by atoms with Gasteiger partial charge in [-0.2, -0.15) is 0 Å². The summed E-state index contributed by atoms with van der Waals surface area (Å²) in [4.78, 5) is 24.4. The van der Waals surface area contributed by atoms with E-state index in [1.807, 2.05) is 0 Å². The lowest BCUT2D eigenvalue weighted by atomic mass is 9.96. The summed E-state index contributed by atoms with van der Waals surface area (Å²) in [6.07, 6.45) is -9.42. The first-order valence-electron chi connectivity index (χ1n) is 9.27. The standard InChI is InChI=1S/C18H17ClF2NO9P/c19-10-6-22(13(24)5-11(10)23)16-14(25)15(26)18(30-16,17(20)21)8-29-32(27)28-7-9-3-1-2-4-12(9)31-32/h1-4,6,14-17,25-26H,5,7-8H2/t14-,15+,16-,18-,32?/m1/s1. The van der Waals surface area contributed by atoms with Crippen LogP contribution in [0.2, 0.25) is 0 Å². The number of halogens is 3. The van der Waals surface area contributed by atoms with Crippen LogP contribution in [0, 0.1) is 0 Å². The van der Waals surface area contributed by atoms with Gasteiger partial charge in [0.2, 0.25) is 5.91 Å². The third-order valence-corrected chi connectivity index (χ3v) is 6.85. The summed E-state index contributed by atoms with van der Waals surface area (Å²) < 4.78 is 61.4. The molecule has 1 fully saturated rings. The number of Topliss-reactive ketones (excluding diaryl/α,β-unsaturated/α-hetero) is 1. The van der Waals surface area contributed by atoms with Gasteiger partial charge in [-0.15, -0.1) is 0 Å². The number of phosphoric acid groups is 1. The van der Waals surface area contributed by atoms with Crippen molar-refractivity contribution in [3.8, 4) is 5.75 Å². The van der Waals surface area contributed by atoms with Gasteiger partial charge in [-0.3, -0.25) is 23.5 Å². The van der Waals surface area contributed by atoms with Crippen LogP contribution in [0.3, 0.4) is 0 Å². The Kier molecular flexibility index (Phi) is 6.14. The molecular formula is C18H17ClF2NO9P. The molecule has 1 aromatic carbocycles. The van der Waals surface area contributed by atoms with Gasteiger partial charge in [0.15, 0.2) is 17.6 Å². The van der Waals surface area contributed by atoms with E-state index >= 15 is 0 Å². The number of carbonyl (C=O) groups excluding carboxylic acids is 2. The Bertz CT molecular complexity index is 1020. The number of alkyl halides is 2. The maximum atomic E-state index is 14.1. The highest BCUT2D eigenvalue weighted by Crippen LogP contribution is 2.55. The minimum absolute atomic E-state index is 0.169. The minimum Gasteiger partial charge on any atom is -0.404 e. The molecule has 1 amide bonds. The highest BCUT2D eigenvalue weighted by molar-refractivity contribution is 7.49. The molecule has 0 radical (unpaired) electrons. The van der Waals surface area contributed by atoms with E-state index in [0.717, 1.165) is 6.20 Å². The fraction of sp³-hybridized carbons (Fsp3) is 0.444. The molecule has 10 nitrogen and oxygen atoms in total. The Labute approximate surface area is 184 Å². The molecule has 1 aromatic rings. The molecule has 32 heavy (non-hydrogen) atoms. The topological polar surface area (TPSA) is 132 Å². The van der Waals surface area contributed by atoms with Crippen LogP contribution in [0.1, 0.15) is 12.0 Å². The molecule has 0 bridgehead atoms. The van der Waals surface area contributed by atoms with Crippen LogP contribution in [0.15, 0.2) is 35.5 Å². The molecule has 174 valence electrons. The zero-order valence-corrected chi connectivity index (χ0v) is 17.7. The number of hydrogen-bond donors (Lipinski definition) is 2. The first-order valence-corrected chi connectivity index (χ1v) is 11.1. The predicted molar refractivity (Wildman–Crippen MR) is 101 cm³/mol. The number of aliphatic hydroxyl groups is 2.